The van der Waals surface area contributed by atoms with Gasteiger partial charge in [-0.15, -0.1) is 11.3 Å². The molecule has 1 aliphatic carbocycles. The molecule has 0 bridgehead atoms. The van der Waals surface area contributed by atoms with E-state index >= 15 is 0 Å². The number of hydrogen-bond acceptors (Lipinski definition) is 7. The molecule has 0 radical (unpaired) electrons. The maximum atomic E-state index is 12.3. The molecule has 1 aliphatic heterocycles. The summed E-state index contributed by atoms with van der Waals surface area (Å²) in [5.41, 5.74) is 1.50. The Morgan fingerprint density at radius 2 is 2.00 bits per heavy atom. The lowest BCUT2D eigenvalue weighted by Gasteiger charge is -2.25. The van der Waals surface area contributed by atoms with Gasteiger partial charge in [-0.2, -0.15) is 0 Å². The molecule has 1 saturated carbocycles. The third kappa shape index (κ3) is 4.60. The van der Waals surface area contributed by atoms with Crippen molar-refractivity contribution in [3.63, 3.8) is 0 Å². The van der Waals surface area contributed by atoms with Crippen LogP contribution in [0.5, 0.6) is 0 Å². The van der Waals surface area contributed by atoms with Gasteiger partial charge >= 0.3 is 0 Å². The van der Waals surface area contributed by atoms with E-state index < -0.39 is 4.92 Å². The van der Waals surface area contributed by atoms with Gasteiger partial charge in [0.2, 0.25) is 11.8 Å². The molecule has 9 nitrogen and oxygen atoms in total. The molecule has 4 rings (SSSR count). The maximum absolute atomic E-state index is 12.3. The van der Waals surface area contributed by atoms with Crippen LogP contribution in [0.3, 0.4) is 0 Å². The van der Waals surface area contributed by atoms with Gasteiger partial charge in [-0.3, -0.25) is 24.6 Å². The summed E-state index contributed by atoms with van der Waals surface area (Å²) < 4.78 is 0. The molecule has 1 aromatic heterocycles. The number of aromatic nitrogens is 1. The Bertz CT molecular complexity index is 939. The summed E-state index contributed by atoms with van der Waals surface area (Å²) >= 11 is 1.47. The quantitative estimate of drug-likeness (QED) is 0.553. The van der Waals surface area contributed by atoms with E-state index in [1.165, 1.54) is 35.6 Å². The molecule has 2 aliphatic rings. The van der Waals surface area contributed by atoms with E-state index in [-0.39, 0.29) is 30.0 Å². The SMILES string of the molecule is O=C(CN1CCc2nc(NC(=O)C3CCC3)sc2C1)Nc1ccc([N+](=O)[O-])cc1. The first kappa shape index (κ1) is 19.5. The second kappa shape index (κ2) is 8.26. The van der Waals surface area contributed by atoms with Gasteiger partial charge < -0.3 is 10.6 Å². The predicted octanol–water partition coefficient (Wildman–Crippen LogP) is 2.79. The highest BCUT2D eigenvalue weighted by molar-refractivity contribution is 7.15. The summed E-state index contributed by atoms with van der Waals surface area (Å²) in [5.74, 6) is 0.00236. The molecule has 1 aromatic carbocycles. The molecule has 2 amide bonds. The van der Waals surface area contributed by atoms with Crippen molar-refractivity contribution in [1.29, 1.82) is 0 Å². The van der Waals surface area contributed by atoms with Gasteiger partial charge in [0.1, 0.15) is 0 Å². The molecular formula is C19H21N5O4S. The number of nitrogens with zero attached hydrogens (tertiary/aromatic N) is 3. The number of fused-ring (bicyclic) bond motifs is 1. The number of rotatable bonds is 6. The van der Waals surface area contributed by atoms with Crippen LogP contribution in [0.15, 0.2) is 24.3 Å². The van der Waals surface area contributed by atoms with Crippen molar-refractivity contribution in [3.05, 3.63) is 45.0 Å². The lowest BCUT2D eigenvalue weighted by molar-refractivity contribution is -0.384. The summed E-state index contributed by atoms with van der Waals surface area (Å²) in [6, 6.07) is 5.76. The molecule has 152 valence electrons. The van der Waals surface area contributed by atoms with E-state index in [1.54, 1.807) is 0 Å². The van der Waals surface area contributed by atoms with Crippen LogP contribution >= 0.6 is 11.3 Å². The number of amides is 2. The van der Waals surface area contributed by atoms with Crippen molar-refractivity contribution in [2.75, 3.05) is 23.7 Å². The Kier molecular flexibility index (Phi) is 5.54. The number of carbonyl (C=O) groups is 2. The molecule has 2 aromatic rings. The van der Waals surface area contributed by atoms with Gasteiger partial charge in [-0.1, -0.05) is 6.42 Å². The second-order valence-electron chi connectivity index (χ2n) is 7.32. The van der Waals surface area contributed by atoms with E-state index in [0.29, 0.717) is 23.9 Å². The smallest absolute Gasteiger partial charge is 0.269 e. The first-order valence-electron chi connectivity index (χ1n) is 9.54. The van der Waals surface area contributed by atoms with Gasteiger partial charge in [0.15, 0.2) is 5.13 Å². The third-order valence-electron chi connectivity index (χ3n) is 5.25. The average Bonchev–Trinajstić information content (AvgIpc) is 3.01. The lowest BCUT2D eigenvalue weighted by Crippen LogP contribution is -2.36. The number of nitro groups is 1. The van der Waals surface area contributed by atoms with Crippen LogP contribution in [0.4, 0.5) is 16.5 Å². The highest BCUT2D eigenvalue weighted by Crippen LogP contribution is 2.31. The van der Waals surface area contributed by atoms with Crippen molar-refractivity contribution >= 4 is 39.7 Å². The number of thiazole rings is 1. The Morgan fingerprint density at radius 1 is 1.24 bits per heavy atom. The standard InChI is InChI=1S/C19H21N5O4S/c25-17(20-13-4-6-14(7-5-13)24(27)28)11-23-9-8-15-16(10-23)29-19(21-15)22-18(26)12-2-1-3-12/h4-7,12H,1-3,8-11H2,(H,20,25)(H,21,22,26). The molecule has 29 heavy (non-hydrogen) atoms. The maximum Gasteiger partial charge on any atom is 0.269 e. The Morgan fingerprint density at radius 3 is 2.66 bits per heavy atom. The lowest BCUT2D eigenvalue weighted by atomic mass is 9.85. The fourth-order valence-electron chi connectivity index (χ4n) is 3.38. The third-order valence-corrected chi connectivity index (χ3v) is 6.24. The van der Waals surface area contributed by atoms with Crippen LogP contribution in [0.25, 0.3) is 0 Å². The summed E-state index contributed by atoms with van der Waals surface area (Å²) in [6.45, 7) is 1.54. The van der Waals surface area contributed by atoms with Crippen molar-refractivity contribution in [2.45, 2.75) is 32.2 Å². The number of carbonyl (C=O) groups excluding carboxylic acids is 2. The van der Waals surface area contributed by atoms with E-state index in [1.807, 2.05) is 4.90 Å². The highest BCUT2D eigenvalue weighted by Gasteiger charge is 2.27. The zero-order valence-corrected chi connectivity index (χ0v) is 16.5. The summed E-state index contributed by atoms with van der Waals surface area (Å²) in [5, 5.41) is 17.0. The monoisotopic (exact) mass is 415 g/mol. The van der Waals surface area contributed by atoms with Crippen molar-refractivity contribution in [3.8, 4) is 0 Å². The Labute approximate surface area is 171 Å². The summed E-state index contributed by atoms with van der Waals surface area (Å²) in [4.78, 5) is 42.3. The van der Waals surface area contributed by atoms with Gasteiger partial charge in [0.05, 0.1) is 17.2 Å². The molecule has 1 fully saturated rings. The zero-order valence-electron chi connectivity index (χ0n) is 15.7. The molecule has 2 N–H and O–H groups in total. The van der Waals surface area contributed by atoms with E-state index in [2.05, 4.69) is 15.6 Å². The first-order valence-corrected chi connectivity index (χ1v) is 10.4. The number of non-ortho nitro benzene ring substituents is 1. The van der Waals surface area contributed by atoms with Crippen LogP contribution in [0.2, 0.25) is 0 Å². The molecule has 0 saturated heterocycles. The van der Waals surface area contributed by atoms with Crippen LogP contribution in [-0.4, -0.2) is 39.7 Å². The normalized spacial score (nSPS) is 16.6. The fourth-order valence-corrected chi connectivity index (χ4v) is 4.44. The molecule has 0 spiro atoms. The summed E-state index contributed by atoms with van der Waals surface area (Å²) in [7, 11) is 0. The molecule has 10 heteroatoms. The van der Waals surface area contributed by atoms with Gasteiger partial charge in [0.25, 0.3) is 5.69 Å². The van der Waals surface area contributed by atoms with Crippen LogP contribution < -0.4 is 10.6 Å². The first-order chi connectivity index (χ1) is 14.0. The number of benzene rings is 1. The Hall–Kier alpha value is -2.85. The fraction of sp³-hybridized carbons (Fsp3) is 0.421. The minimum atomic E-state index is -0.477. The Balaban J connectivity index is 1.30. The van der Waals surface area contributed by atoms with Crippen molar-refractivity contribution in [1.82, 2.24) is 9.88 Å². The topological polar surface area (TPSA) is 117 Å². The number of hydrogen-bond donors (Lipinski definition) is 2. The second-order valence-corrected chi connectivity index (χ2v) is 8.40. The molecular weight excluding hydrogens is 394 g/mol. The van der Waals surface area contributed by atoms with Gasteiger partial charge in [0, 0.05) is 48.1 Å². The van der Waals surface area contributed by atoms with Gasteiger partial charge in [-0.25, -0.2) is 4.98 Å². The van der Waals surface area contributed by atoms with Crippen LogP contribution in [-0.2, 0) is 22.6 Å². The predicted molar refractivity (Wildman–Crippen MR) is 109 cm³/mol. The largest absolute Gasteiger partial charge is 0.325 e. The van der Waals surface area contributed by atoms with E-state index in [9.17, 15) is 19.7 Å². The number of nitro benzene ring substituents is 1. The van der Waals surface area contributed by atoms with Crippen LogP contribution in [0.1, 0.15) is 29.8 Å². The minimum Gasteiger partial charge on any atom is -0.325 e. The highest BCUT2D eigenvalue weighted by atomic mass is 32.1. The van der Waals surface area contributed by atoms with Crippen LogP contribution in [0, 0.1) is 16.0 Å². The van der Waals surface area contributed by atoms with Crippen molar-refractivity contribution < 1.29 is 14.5 Å². The zero-order chi connectivity index (χ0) is 20.4. The summed E-state index contributed by atoms with van der Waals surface area (Å²) in [6.07, 6.45) is 3.75. The number of anilines is 2. The van der Waals surface area contributed by atoms with Crippen molar-refractivity contribution in [2.24, 2.45) is 5.92 Å². The average molecular weight is 415 g/mol. The van der Waals surface area contributed by atoms with Gasteiger partial charge in [-0.05, 0) is 25.0 Å². The van der Waals surface area contributed by atoms with E-state index in [0.717, 1.165) is 36.3 Å². The molecule has 0 unspecified atom stereocenters. The minimum absolute atomic E-state index is 0.0167. The molecule has 0 atom stereocenters. The van der Waals surface area contributed by atoms with E-state index in [4.69, 9.17) is 0 Å². The number of nitrogens with one attached hydrogen (secondary N) is 2. The molecule has 2 heterocycles.